The number of nitrogens with zero attached hydrogens (tertiary/aromatic N) is 9. The van der Waals surface area contributed by atoms with Crippen molar-refractivity contribution in [2.24, 2.45) is 0 Å². The summed E-state index contributed by atoms with van der Waals surface area (Å²) in [4.78, 5) is 38.1. The highest BCUT2D eigenvalue weighted by Gasteiger charge is 2.17. The number of pyridine rings is 2. The molecule has 9 nitrogen and oxygen atoms in total. The predicted molar refractivity (Wildman–Crippen MR) is 242 cm³/mol. The fourth-order valence-electron chi connectivity index (χ4n) is 7.34. The van der Waals surface area contributed by atoms with Gasteiger partial charge in [0.15, 0.2) is 34.9 Å². The van der Waals surface area contributed by atoms with E-state index in [0.717, 1.165) is 66.8 Å². The summed E-state index contributed by atoms with van der Waals surface area (Å²) in [7, 11) is 0. The second-order valence-corrected chi connectivity index (χ2v) is 14.4. The predicted octanol–water partition coefficient (Wildman–Crippen LogP) is 11.7. The van der Waals surface area contributed by atoms with E-state index >= 15 is 0 Å². The highest BCUT2D eigenvalue weighted by atomic mass is 15.0. The second-order valence-electron chi connectivity index (χ2n) is 14.4. The van der Waals surface area contributed by atoms with Crippen molar-refractivity contribution in [2.45, 2.75) is 0 Å². The first-order valence-electron chi connectivity index (χ1n) is 20.0. The molecule has 9 heteroatoms. The van der Waals surface area contributed by atoms with Crippen LogP contribution < -0.4 is 0 Å². The molecule has 62 heavy (non-hydrogen) atoms. The van der Waals surface area contributed by atoms with E-state index in [4.69, 9.17) is 29.9 Å². The van der Waals surface area contributed by atoms with Gasteiger partial charge in [-0.2, -0.15) is 5.26 Å². The van der Waals surface area contributed by atoms with Crippen molar-refractivity contribution >= 4 is 0 Å². The first-order valence-corrected chi connectivity index (χ1v) is 20.0. The molecule has 0 saturated heterocycles. The largest absolute Gasteiger partial charge is 0.265 e. The summed E-state index contributed by atoms with van der Waals surface area (Å²) in [5.41, 5.74) is 11.5. The zero-order valence-electron chi connectivity index (χ0n) is 33.1. The Morgan fingerprint density at radius 2 is 0.645 bits per heavy atom. The van der Waals surface area contributed by atoms with Gasteiger partial charge in [-0.1, -0.05) is 121 Å². The molecule has 0 unspecified atom stereocenters. The standard InChI is InChI=1S/C53H33N9/c54-34-35-10-7-16-42(30-35)46-21-20-41(40-15-8-18-44(31-40)52-59-48(36-11-3-1-4-12-36)57-50(61-52)38-22-26-55-27-23-38)33-47(46)43-17-9-19-45(32-43)53-60-49(37-13-5-2-6-14-37)58-51(62-53)39-24-28-56-29-25-39/h1-33H. The summed E-state index contributed by atoms with van der Waals surface area (Å²) in [5, 5.41) is 9.85. The zero-order valence-corrected chi connectivity index (χ0v) is 33.1. The molecule has 0 aliphatic carbocycles. The maximum Gasteiger partial charge on any atom is 0.164 e. The van der Waals surface area contributed by atoms with Gasteiger partial charge in [0.25, 0.3) is 0 Å². The molecule has 10 rings (SSSR count). The minimum absolute atomic E-state index is 0.544. The van der Waals surface area contributed by atoms with E-state index < -0.39 is 0 Å². The SMILES string of the molecule is N#Cc1cccc(-c2ccc(-c3cccc(-c4nc(-c5ccccc5)nc(-c5ccncc5)n4)c3)cc2-c2cccc(-c3nc(-c4ccccc4)nc(-c4ccncc4)n3)c2)c1. The van der Waals surface area contributed by atoms with E-state index in [1.807, 2.05) is 133 Å². The highest BCUT2D eigenvalue weighted by molar-refractivity contribution is 5.89. The fraction of sp³-hybridized carbons (Fsp3) is 0. The van der Waals surface area contributed by atoms with Crippen LogP contribution in [-0.2, 0) is 0 Å². The molecule has 0 fully saturated rings. The first kappa shape index (κ1) is 37.4. The van der Waals surface area contributed by atoms with Gasteiger partial charge in [-0.3, -0.25) is 9.97 Å². The minimum atomic E-state index is 0.544. The minimum Gasteiger partial charge on any atom is -0.265 e. The van der Waals surface area contributed by atoms with Crippen LogP contribution >= 0.6 is 0 Å². The normalized spacial score (nSPS) is 10.9. The molecular formula is C53H33N9. The van der Waals surface area contributed by atoms with Gasteiger partial charge < -0.3 is 0 Å². The molecule has 0 radical (unpaired) electrons. The summed E-state index contributed by atoms with van der Waals surface area (Å²) in [6.45, 7) is 0. The molecule has 0 N–H and O–H groups in total. The zero-order chi connectivity index (χ0) is 41.7. The second kappa shape index (κ2) is 16.8. The lowest BCUT2D eigenvalue weighted by Crippen LogP contribution is -2.00. The Kier molecular flexibility index (Phi) is 10.1. The van der Waals surface area contributed by atoms with E-state index in [9.17, 15) is 5.26 Å². The number of benzene rings is 6. The van der Waals surface area contributed by atoms with Crippen molar-refractivity contribution in [2.75, 3.05) is 0 Å². The van der Waals surface area contributed by atoms with Crippen molar-refractivity contribution in [1.29, 1.82) is 5.26 Å². The molecule has 0 amide bonds. The monoisotopic (exact) mass is 795 g/mol. The number of nitriles is 1. The van der Waals surface area contributed by atoms with Crippen molar-refractivity contribution in [3.05, 3.63) is 206 Å². The fourth-order valence-corrected chi connectivity index (χ4v) is 7.34. The summed E-state index contributed by atoms with van der Waals surface area (Å²) < 4.78 is 0. The third-order valence-corrected chi connectivity index (χ3v) is 10.4. The van der Waals surface area contributed by atoms with Crippen molar-refractivity contribution in [1.82, 2.24) is 39.9 Å². The van der Waals surface area contributed by atoms with Crippen LogP contribution in [0.2, 0.25) is 0 Å². The van der Waals surface area contributed by atoms with E-state index in [-0.39, 0.29) is 0 Å². The molecule has 10 aromatic rings. The lowest BCUT2D eigenvalue weighted by molar-refractivity contribution is 1.07. The lowest BCUT2D eigenvalue weighted by atomic mass is 9.89. The van der Waals surface area contributed by atoms with Crippen LogP contribution in [-0.4, -0.2) is 39.9 Å². The molecular weight excluding hydrogens is 763 g/mol. The molecule has 0 spiro atoms. The molecule has 290 valence electrons. The number of hydrogen-bond acceptors (Lipinski definition) is 9. The smallest absolute Gasteiger partial charge is 0.164 e. The third kappa shape index (κ3) is 7.83. The number of hydrogen-bond donors (Lipinski definition) is 0. The topological polar surface area (TPSA) is 127 Å². The first-order chi connectivity index (χ1) is 30.6. The maximum atomic E-state index is 9.85. The van der Waals surface area contributed by atoms with Gasteiger partial charge in [0.1, 0.15) is 0 Å². The van der Waals surface area contributed by atoms with Gasteiger partial charge in [-0.05, 0) is 88.0 Å². The lowest BCUT2D eigenvalue weighted by Gasteiger charge is -2.15. The number of rotatable bonds is 9. The van der Waals surface area contributed by atoms with Gasteiger partial charge in [0, 0.05) is 58.2 Å². The van der Waals surface area contributed by atoms with Crippen LogP contribution in [0.15, 0.2) is 201 Å². The van der Waals surface area contributed by atoms with Crippen LogP contribution in [0.5, 0.6) is 0 Å². The molecule has 4 heterocycles. The molecule has 0 saturated carbocycles. The van der Waals surface area contributed by atoms with Crippen LogP contribution in [0.25, 0.3) is 102 Å². The summed E-state index contributed by atoms with van der Waals surface area (Å²) in [5.74, 6) is 3.38. The Hall–Kier alpha value is -8.87. The molecule has 0 aliphatic rings. The van der Waals surface area contributed by atoms with Crippen LogP contribution in [0, 0.1) is 11.3 Å². The Balaban J connectivity index is 1.10. The molecule has 6 aromatic carbocycles. The third-order valence-electron chi connectivity index (χ3n) is 10.4. The molecule has 0 atom stereocenters. The number of aromatic nitrogens is 8. The molecule has 4 aromatic heterocycles. The van der Waals surface area contributed by atoms with Gasteiger partial charge in [0.05, 0.1) is 11.6 Å². The van der Waals surface area contributed by atoms with Gasteiger partial charge in [0.2, 0.25) is 0 Å². The van der Waals surface area contributed by atoms with Crippen molar-refractivity contribution in [3.8, 4) is 108 Å². The van der Waals surface area contributed by atoms with E-state index in [2.05, 4.69) is 58.5 Å². The highest BCUT2D eigenvalue weighted by Crippen LogP contribution is 2.38. The average molecular weight is 796 g/mol. The Labute approximate surface area is 357 Å². The van der Waals surface area contributed by atoms with Gasteiger partial charge in [-0.25, -0.2) is 29.9 Å². The van der Waals surface area contributed by atoms with E-state index in [0.29, 0.717) is 40.5 Å². The Bertz CT molecular complexity index is 3130. The van der Waals surface area contributed by atoms with Gasteiger partial charge in [-0.15, -0.1) is 0 Å². The van der Waals surface area contributed by atoms with Gasteiger partial charge >= 0.3 is 0 Å². The van der Waals surface area contributed by atoms with E-state index in [1.54, 1.807) is 24.8 Å². The maximum absolute atomic E-state index is 9.85. The van der Waals surface area contributed by atoms with Crippen molar-refractivity contribution in [3.63, 3.8) is 0 Å². The summed E-state index contributed by atoms with van der Waals surface area (Å²) in [6, 6.07) is 60.4. The van der Waals surface area contributed by atoms with E-state index in [1.165, 1.54) is 0 Å². The van der Waals surface area contributed by atoms with Crippen molar-refractivity contribution < 1.29 is 0 Å². The molecule has 0 bridgehead atoms. The summed E-state index contributed by atoms with van der Waals surface area (Å²) in [6.07, 6.45) is 6.94. The Morgan fingerprint density at radius 1 is 0.274 bits per heavy atom. The molecule has 0 aliphatic heterocycles. The summed E-state index contributed by atoms with van der Waals surface area (Å²) >= 11 is 0. The van der Waals surface area contributed by atoms with Crippen LogP contribution in [0.1, 0.15) is 5.56 Å². The van der Waals surface area contributed by atoms with Crippen LogP contribution in [0.4, 0.5) is 0 Å². The quantitative estimate of drug-likeness (QED) is 0.140. The Morgan fingerprint density at radius 3 is 1.15 bits per heavy atom. The average Bonchev–Trinajstić information content (AvgIpc) is 3.37. The van der Waals surface area contributed by atoms with Crippen LogP contribution in [0.3, 0.4) is 0 Å².